The number of rotatable bonds is 1. The van der Waals surface area contributed by atoms with E-state index in [-0.39, 0.29) is 0 Å². The van der Waals surface area contributed by atoms with Crippen molar-refractivity contribution >= 4 is 22.5 Å². The molecule has 0 unspecified atom stereocenters. The van der Waals surface area contributed by atoms with Crippen LogP contribution in [0.5, 0.6) is 0 Å². The number of H-pyrrole nitrogens is 1. The second-order valence-electron chi connectivity index (χ2n) is 4.73. The molecule has 0 atom stereocenters. The maximum absolute atomic E-state index is 6.02. The summed E-state index contributed by atoms with van der Waals surface area (Å²) in [5.41, 5.74) is 6.07. The minimum Gasteiger partial charge on any atom is -0.355 e. The van der Waals surface area contributed by atoms with E-state index in [2.05, 4.69) is 43.1 Å². The van der Waals surface area contributed by atoms with E-state index in [1.54, 1.807) is 0 Å². The summed E-state index contributed by atoms with van der Waals surface area (Å²) in [5.74, 6) is 0. The maximum Gasteiger partial charge on any atom is 0.0467 e. The molecule has 0 fully saturated rings. The van der Waals surface area contributed by atoms with Crippen LogP contribution in [0.2, 0.25) is 5.02 Å². The fourth-order valence-electron chi connectivity index (χ4n) is 2.27. The summed E-state index contributed by atoms with van der Waals surface area (Å²) in [6, 6.07) is 14.6. The monoisotopic (exact) mass is 255 g/mol. The first-order chi connectivity index (χ1) is 8.63. The molecule has 1 N–H and O–H groups in total. The van der Waals surface area contributed by atoms with Crippen molar-refractivity contribution in [1.29, 1.82) is 0 Å². The van der Waals surface area contributed by atoms with Gasteiger partial charge in [-0.05, 0) is 49.7 Å². The molecular formula is C16H14ClN. The summed E-state index contributed by atoms with van der Waals surface area (Å²) in [7, 11) is 0. The zero-order chi connectivity index (χ0) is 12.7. The van der Waals surface area contributed by atoms with Crippen LogP contribution in [-0.4, -0.2) is 4.98 Å². The van der Waals surface area contributed by atoms with Gasteiger partial charge in [0, 0.05) is 27.2 Å². The highest BCUT2D eigenvalue weighted by atomic mass is 35.5. The van der Waals surface area contributed by atoms with Gasteiger partial charge in [-0.1, -0.05) is 29.3 Å². The van der Waals surface area contributed by atoms with Gasteiger partial charge in [0.05, 0.1) is 0 Å². The second kappa shape index (κ2) is 4.18. The Hall–Kier alpha value is -1.73. The third-order valence-electron chi connectivity index (χ3n) is 3.27. The highest BCUT2D eigenvalue weighted by Crippen LogP contribution is 2.28. The molecule has 0 spiro atoms. The maximum atomic E-state index is 6.02. The first-order valence-corrected chi connectivity index (χ1v) is 6.37. The Labute approximate surface area is 111 Å². The molecule has 0 bridgehead atoms. The summed E-state index contributed by atoms with van der Waals surface area (Å²) in [6.07, 6.45) is 0. The van der Waals surface area contributed by atoms with E-state index in [1.165, 1.54) is 16.7 Å². The molecular weight excluding hydrogens is 242 g/mol. The van der Waals surface area contributed by atoms with Crippen molar-refractivity contribution in [2.45, 2.75) is 13.8 Å². The molecule has 2 aromatic carbocycles. The van der Waals surface area contributed by atoms with Crippen LogP contribution in [0.4, 0.5) is 0 Å². The Balaban J connectivity index is 2.22. The minimum absolute atomic E-state index is 0.772. The molecule has 1 nitrogen and oxygen atoms in total. The molecule has 0 amide bonds. The van der Waals surface area contributed by atoms with E-state index in [0.29, 0.717) is 0 Å². The van der Waals surface area contributed by atoms with Gasteiger partial charge in [-0.15, -0.1) is 0 Å². The Morgan fingerprint density at radius 3 is 2.61 bits per heavy atom. The van der Waals surface area contributed by atoms with Crippen LogP contribution in [0.15, 0.2) is 42.5 Å². The van der Waals surface area contributed by atoms with Gasteiger partial charge in [-0.25, -0.2) is 0 Å². The summed E-state index contributed by atoms with van der Waals surface area (Å²) in [5, 5.41) is 1.92. The van der Waals surface area contributed by atoms with E-state index < -0.39 is 0 Å². The predicted molar refractivity (Wildman–Crippen MR) is 78.2 cm³/mol. The van der Waals surface area contributed by atoms with E-state index in [1.807, 2.05) is 18.2 Å². The summed E-state index contributed by atoms with van der Waals surface area (Å²) in [4.78, 5) is 3.45. The number of hydrogen-bond donors (Lipinski definition) is 1. The van der Waals surface area contributed by atoms with Gasteiger partial charge < -0.3 is 4.98 Å². The lowest BCUT2D eigenvalue weighted by Crippen LogP contribution is -1.84. The van der Waals surface area contributed by atoms with Gasteiger partial charge in [-0.2, -0.15) is 0 Å². The van der Waals surface area contributed by atoms with Gasteiger partial charge in [-0.3, -0.25) is 0 Å². The molecule has 0 radical (unpaired) electrons. The number of fused-ring (bicyclic) bond motifs is 1. The third kappa shape index (κ3) is 1.91. The lowest BCUT2D eigenvalue weighted by atomic mass is 10.0. The summed E-state index contributed by atoms with van der Waals surface area (Å²) >= 11 is 6.02. The van der Waals surface area contributed by atoms with Crippen molar-refractivity contribution in [1.82, 2.24) is 4.98 Å². The molecule has 1 aromatic heterocycles. The molecule has 2 heteroatoms. The summed E-state index contributed by atoms with van der Waals surface area (Å²) < 4.78 is 0. The van der Waals surface area contributed by atoms with Gasteiger partial charge in [0.2, 0.25) is 0 Å². The Morgan fingerprint density at radius 1 is 0.944 bits per heavy atom. The standard InChI is InChI=1S/C16H14ClN/c1-10-3-4-11(2)14(7-10)16-9-12-8-13(17)5-6-15(12)18-16/h3-9,18H,1-2H3. The van der Waals surface area contributed by atoms with Crippen LogP contribution in [0.25, 0.3) is 22.2 Å². The smallest absolute Gasteiger partial charge is 0.0467 e. The Morgan fingerprint density at radius 2 is 1.78 bits per heavy atom. The number of halogens is 1. The number of nitrogens with one attached hydrogen (secondary N) is 1. The van der Waals surface area contributed by atoms with Crippen LogP contribution < -0.4 is 0 Å². The Kier molecular flexibility index (Phi) is 2.64. The molecule has 0 saturated heterocycles. The van der Waals surface area contributed by atoms with Crippen molar-refractivity contribution in [3.05, 3.63) is 58.6 Å². The molecule has 0 saturated carbocycles. The molecule has 1 heterocycles. The highest BCUT2D eigenvalue weighted by molar-refractivity contribution is 6.31. The van der Waals surface area contributed by atoms with Crippen LogP contribution in [-0.2, 0) is 0 Å². The van der Waals surface area contributed by atoms with Crippen LogP contribution in [0.1, 0.15) is 11.1 Å². The zero-order valence-electron chi connectivity index (χ0n) is 10.4. The van der Waals surface area contributed by atoms with Crippen LogP contribution in [0.3, 0.4) is 0 Å². The van der Waals surface area contributed by atoms with Gasteiger partial charge in [0.1, 0.15) is 0 Å². The average molecular weight is 256 g/mol. The quantitative estimate of drug-likeness (QED) is 0.622. The largest absolute Gasteiger partial charge is 0.355 e. The molecule has 18 heavy (non-hydrogen) atoms. The normalized spacial score (nSPS) is 11.1. The van der Waals surface area contributed by atoms with Gasteiger partial charge in [0.15, 0.2) is 0 Å². The van der Waals surface area contributed by atoms with E-state index >= 15 is 0 Å². The molecule has 3 aromatic rings. The Bertz CT molecular complexity index is 725. The van der Waals surface area contributed by atoms with Crippen LogP contribution >= 0.6 is 11.6 Å². The van der Waals surface area contributed by atoms with Crippen molar-refractivity contribution < 1.29 is 0 Å². The van der Waals surface area contributed by atoms with Gasteiger partial charge >= 0.3 is 0 Å². The highest BCUT2D eigenvalue weighted by Gasteiger charge is 2.06. The number of aromatic nitrogens is 1. The second-order valence-corrected chi connectivity index (χ2v) is 5.17. The van der Waals surface area contributed by atoms with Crippen molar-refractivity contribution in [3.8, 4) is 11.3 Å². The van der Waals surface area contributed by atoms with Gasteiger partial charge in [0.25, 0.3) is 0 Å². The summed E-state index contributed by atoms with van der Waals surface area (Å²) in [6.45, 7) is 4.25. The SMILES string of the molecule is Cc1ccc(C)c(-c2cc3cc(Cl)ccc3[nH]2)c1. The fraction of sp³-hybridized carbons (Fsp3) is 0.125. The van der Waals surface area contributed by atoms with E-state index in [4.69, 9.17) is 11.6 Å². The fourth-order valence-corrected chi connectivity index (χ4v) is 2.46. The van der Waals surface area contributed by atoms with E-state index in [0.717, 1.165) is 21.6 Å². The third-order valence-corrected chi connectivity index (χ3v) is 3.50. The van der Waals surface area contributed by atoms with Crippen molar-refractivity contribution in [3.63, 3.8) is 0 Å². The number of aryl methyl sites for hydroxylation is 2. The molecule has 0 aliphatic carbocycles. The zero-order valence-corrected chi connectivity index (χ0v) is 11.2. The van der Waals surface area contributed by atoms with Crippen molar-refractivity contribution in [2.75, 3.05) is 0 Å². The first-order valence-electron chi connectivity index (χ1n) is 5.99. The molecule has 0 aliphatic rings. The lowest BCUT2D eigenvalue weighted by molar-refractivity contribution is 1.36. The lowest BCUT2D eigenvalue weighted by Gasteiger charge is -2.04. The van der Waals surface area contributed by atoms with Crippen LogP contribution in [0, 0.1) is 13.8 Å². The molecule has 0 aliphatic heterocycles. The predicted octanol–water partition coefficient (Wildman–Crippen LogP) is 5.11. The van der Waals surface area contributed by atoms with E-state index in [9.17, 15) is 0 Å². The first kappa shape index (κ1) is 11.4. The van der Waals surface area contributed by atoms with Crippen molar-refractivity contribution in [2.24, 2.45) is 0 Å². The average Bonchev–Trinajstić information content (AvgIpc) is 2.74. The minimum atomic E-state index is 0.772. The number of aromatic amines is 1. The number of benzene rings is 2. The number of hydrogen-bond acceptors (Lipinski definition) is 0. The molecule has 90 valence electrons. The topological polar surface area (TPSA) is 15.8 Å². The molecule has 3 rings (SSSR count).